The first-order valence-electron chi connectivity index (χ1n) is 9.32. The molecule has 0 unspecified atom stereocenters. The highest BCUT2D eigenvalue weighted by Crippen LogP contribution is 2.35. The summed E-state index contributed by atoms with van der Waals surface area (Å²) in [6.07, 6.45) is 6.41. The maximum absolute atomic E-state index is 11.4. The molecule has 8 heteroatoms. The number of oxazole rings is 2. The smallest absolute Gasteiger partial charge is 0.310 e. The molecule has 2 N–H and O–H groups in total. The van der Waals surface area contributed by atoms with Crippen molar-refractivity contribution in [2.75, 3.05) is 11.9 Å². The number of benzene rings is 1. The van der Waals surface area contributed by atoms with Gasteiger partial charge in [0, 0.05) is 35.6 Å². The van der Waals surface area contributed by atoms with Crippen LogP contribution in [0.5, 0.6) is 0 Å². The van der Waals surface area contributed by atoms with Crippen molar-refractivity contribution in [3.63, 3.8) is 0 Å². The van der Waals surface area contributed by atoms with Gasteiger partial charge in [-0.3, -0.25) is 9.78 Å². The summed E-state index contributed by atoms with van der Waals surface area (Å²) in [5.74, 6) is 0.316. The lowest BCUT2D eigenvalue weighted by atomic mass is 9.94. The van der Waals surface area contributed by atoms with Crippen LogP contribution in [0.4, 0.5) is 6.01 Å². The van der Waals surface area contributed by atoms with Crippen LogP contribution in [0.3, 0.4) is 0 Å². The molecule has 0 radical (unpaired) electrons. The third-order valence-electron chi connectivity index (χ3n) is 4.69. The summed E-state index contributed by atoms with van der Waals surface area (Å²) in [5, 5.41) is 12.3. The van der Waals surface area contributed by atoms with Crippen LogP contribution in [0.2, 0.25) is 0 Å². The lowest BCUT2D eigenvalue weighted by Gasteiger charge is -2.18. The zero-order valence-corrected chi connectivity index (χ0v) is 16.5. The van der Waals surface area contributed by atoms with Gasteiger partial charge in [-0.05, 0) is 26.0 Å². The monoisotopic (exact) mass is 404 g/mol. The Bertz CT molecular complexity index is 1130. The van der Waals surface area contributed by atoms with Crippen molar-refractivity contribution < 1.29 is 18.7 Å². The van der Waals surface area contributed by atoms with E-state index in [9.17, 15) is 9.90 Å². The molecule has 30 heavy (non-hydrogen) atoms. The Balaban J connectivity index is 1.69. The fourth-order valence-corrected chi connectivity index (χ4v) is 2.81. The van der Waals surface area contributed by atoms with Gasteiger partial charge in [-0.25, -0.2) is 4.98 Å². The van der Waals surface area contributed by atoms with E-state index in [4.69, 9.17) is 8.83 Å². The van der Waals surface area contributed by atoms with Gasteiger partial charge in [0.25, 0.3) is 6.01 Å². The fraction of sp³-hybridized carbons (Fsp3) is 0.182. The van der Waals surface area contributed by atoms with E-state index in [0.717, 1.165) is 16.7 Å². The predicted octanol–water partition coefficient (Wildman–Crippen LogP) is 4.58. The van der Waals surface area contributed by atoms with E-state index >= 15 is 0 Å². The van der Waals surface area contributed by atoms with Gasteiger partial charge in [-0.15, -0.1) is 0 Å². The fourth-order valence-electron chi connectivity index (χ4n) is 2.81. The standard InChI is InChI=1S/C22H20N4O4/c1-22(2,20(27)28)12-25-21-26-18(19(30-21)16-4-3-9-23-10-16)15-7-5-14(6-8-15)17-11-24-13-29-17/h3-11,13H,12H2,1-2H3,(H,25,26)(H,27,28). The average molecular weight is 404 g/mol. The summed E-state index contributed by atoms with van der Waals surface area (Å²) in [5.41, 5.74) is 2.16. The number of hydrogen-bond acceptors (Lipinski definition) is 7. The summed E-state index contributed by atoms with van der Waals surface area (Å²) in [7, 11) is 0. The molecule has 0 spiro atoms. The van der Waals surface area contributed by atoms with Crippen LogP contribution >= 0.6 is 0 Å². The van der Waals surface area contributed by atoms with E-state index in [2.05, 4.69) is 20.3 Å². The zero-order valence-electron chi connectivity index (χ0n) is 16.5. The summed E-state index contributed by atoms with van der Waals surface area (Å²) < 4.78 is 11.3. The van der Waals surface area contributed by atoms with E-state index in [-0.39, 0.29) is 12.6 Å². The number of pyridine rings is 1. The number of nitrogens with one attached hydrogen (secondary N) is 1. The Morgan fingerprint density at radius 2 is 1.83 bits per heavy atom. The van der Waals surface area contributed by atoms with E-state index < -0.39 is 11.4 Å². The molecular weight excluding hydrogens is 384 g/mol. The molecule has 0 saturated carbocycles. The second kappa shape index (κ2) is 7.82. The van der Waals surface area contributed by atoms with Crippen molar-refractivity contribution in [2.45, 2.75) is 13.8 Å². The zero-order chi connectivity index (χ0) is 21.1. The molecule has 0 amide bonds. The van der Waals surface area contributed by atoms with Crippen LogP contribution < -0.4 is 5.32 Å². The van der Waals surface area contributed by atoms with Crippen molar-refractivity contribution in [2.24, 2.45) is 5.41 Å². The maximum atomic E-state index is 11.4. The third-order valence-corrected chi connectivity index (χ3v) is 4.69. The highest BCUT2D eigenvalue weighted by atomic mass is 16.4. The number of rotatable bonds is 7. The number of carbonyl (C=O) groups is 1. The first-order valence-corrected chi connectivity index (χ1v) is 9.32. The van der Waals surface area contributed by atoms with Gasteiger partial charge < -0.3 is 19.3 Å². The van der Waals surface area contributed by atoms with Crippen molar-refractivity contribution >= 4 is 12.0 Å². The van der Waals surface area contributed by atoms with Gasteiger partial charge in [0.15, 0.2) is 17.9 Å². The molecule has 4 aromatic rings. The maximum Gasteiger partial charge on any atom is 0.310 e. The number of carboxylic acid groups (broad SMARTS) is 1. The lowest BCUT2D eigenvalue weighted by molar-refractivity contribution is -0.146. The van der Waals surface area contributed by atoms with E-state index in [1.807, 2.05) is 36.4 Å². The van der Waals surface area contributed by atoms with Crippen LogP contribution in [0.15, 0.2) is 70.2 Å². The number of anilines is 1. The molecule has 0 atom stereocenters. The van der Waals surface area contributed by atoms with Gasteiger partial charge in [-0.1, -0.05) is 24.3 Å². The molecule has 8 nitrogen and oxygen atoms in total. The summed E-state index contributed by atoms with van der Waals surface area (Å²) in [4.78, 5) is 24.0. The van der Waals surface area contributed by atoms with Crippen LogP contribution in [-0.4, -0.2) is 32.6 Å². The number of nitrogens with zero attached hydrogens (tertiary/aromatic N) is 3. The number of carboxylic acids is 1. The SMILES string of the molecule is CC(C)(CNc1nc(-c2ccc(-c3cnco3)cc2)c(-c2cccnc2)o1)C(=O)O. The molecule has 3 heterocycles. The van der Waals surface area contributed by atoms with E-state index in [0.29, 0.717) is 17.2 Å². The highest BCUT2D eigenvalue weighted by Gasteiger charge is 2.28. The molecule has 3 aromatic heterocycles. The van der Waals surface area contributed by atoms with Gasteiger partial charge in [0.2, 0.25) is 0 Å². The molecule has 0 aliphatic heterocycles. The number of aromatic nitrogens is 3. The second-order valence-electron chi connectivity index (χ2n) is 7.42. The van der Waals surface area contributed by atoms with Crippen molar-refractivity contribution in [1.29, 1.82) is 0 Å². The topological polar surface area (TPSA) is 114 Å². The van der Waals surface area contributed by atoms with Crippen LogP contribution in [0.25, 0.3) is 33.9 Å². The molecule has 0 fully saturated rings. The molecule has 0 aliphatic carbocycles. The van der Waals surface area contributed by atoms with E-state index in [1.165, 1.54) is 6.39 Å². The van der Waals surface area contributed by atoms with Crippen LogP contribution in [0.1, 0.15) is 13.8 Å². The van der Waals surface area contributed by atoms with Crippen LogP contribution in [-0.2, 0) is 4.79 Å². The predicted molar refractivity (Wildman–Crippen MR) is 111 cm³/mol. The quantitative estimate of drug-likeness (QED) is 0.460. The molecule has 4 rings (SSSR count). The number of hydrogen-bond donors (Lipinski definition) is 2. The Morgan fingerprint density at radius 1 is 1.07 bits per heavy atom. The molecule has 0 saturated heterocycles. The second-order valence-corrected chi connectivity index (χ2v) is 7.42. The van der Waals surface area contributed by atoms with E-state index in [1.54, 1.807) is 32.4 Å². The number of aliphatic carboxylic acids is 1. The largest absolute Gasteiger partial charge is 0.481 e. The molecule has 152 valence electrons. The Morgan fingerprint density at radius 3 is 2.47 bits per heavy atom. The molecule has 0 bridgehead atoms. The van der Waals surface area contributed by atoms with Gasteiger partial charge in [-0.2, -0.15) is 4.98 Å². The van der Waals surface area contributed by atoms with Gasteiger partial charge in [0.1, 0.15) is 5.69 Å². The van der Waals surface area contributed by atoms with Crippen molar-refractivity contribution in [1.82, 2.24) is 15.0 Å². The van der Waals surface area contributed by atoms with Crippen molar-refractivity contribution in [3.8, 4) is 33.9 Å². The Hall–Kier alpha value is -3.94. The molecule has 1 aromatic carbocycles. The summed E-state index contributed by atoms with van der Waals surface area (Å²) >= 11 is 0. The first kappa shape index (κ1) is 19.4. The third kappa shape index (κ3) is 3.93. The van der Waals surface area contributed by atoms with Gasteiger partial charge in [0.05, 0.1) is 11.6 Å². The minimum atomic E-state index is -0.970. The summed E-state index contributed by atoms with van der Waals surface area (Å²) in [6.45, 7) is 3.44. The lowest BCUT2D eigenvalue weighted by Crippen LogP contribution is -2.31. The minimum Gasteiger partial charge on any atom is -0.481 e. The van der Waals surface area contributed by atoms with Crippen molar-refractivity contribution in [3.05, 3.63) is 61.4 Å². The first-order chi connectivity index (χ1) is 14.4. The van der Waals surface area contributed by atoms with Gasteiger partial charge >= 0.3 is 5.97 Å². The summed E-state index contributed by atoms with van der Waals surface area (Å²) in [6, 6.07) is 11.6. The Labute approximate surface area is 172 Å². The molecule has 0 aliphatic rings. The normalized spacial score (nSPS) is 11.4. The van der Waals surface area contributed by atoms with Crippen LogP contribution in [0, 0.1) is 5.41 Å². The molecular formula is C22H20N4O4. The Kier molecular flexibility index (Phi) is 5.05. The minimum absolute atomic E-state index is 0.166. The highest BCUT2D eigenvalue weighted by molar-refractivity contribution is 5.79. The average Bonchev–Trinajstić information content (AvgIpc) is 3.43.